The molecule has 3 aliphatic rings. The number of nitrogens with zero attached hydrogens (tertiary/aromatic N) is 4. The van der Waals surface area contributed by atoms with E-state index in [1.165, 1.54) is 32.9 Å². The van der Waals surface area contributed by atoms with Crippen LogP contribution < -0.4 is 12.4 Å². The number of hydrogen-bond acceptors (Lipinski definition) is 8. The molecule has 3 aliphatic heterocycles. The summed E-state index contributed by atoms with van der Waals surface area (Å²) < 4.78 is 59.8. The molecule has 0 aromatic heterocycles. The third kappa shape index (κ3) is 7.14. The number of carbonyl (C=O) groups is 2. The van der Waals surface area contributed by atoms with Crippen LogP contribution in [0.3, 0.4) is 0 Å². The molecular formula is C28H36ClN4O7S2-. The molecule has 5 rings (SSSR count). The lowest BCUT2D eigenvalue weighted by Crippen LogP contribution is -3.00. The van der Waals surface area contributed by atoms with Gasteiger partial charge in [0.25, 0.3) is 5.91 Å². The Morgan fingerprint density at radius 3 is 1.67 bits per heavy atom. The van der Waals surface area contributed by atoms with E-state index in [0.29, 0.717) is 64.5 Å². The number of ether oxygens (including phenoxy) is 1. The van der Waals surface area contributed by atoms with Crippen molar-refractivity contribution in [3.63, 3.8) is 0 Å². The molecule has 0 unspecified atom stereocenters. The average molecular weight is 640 g/mol. The van der Waals surface area contributed by atoms with Crippen LogP contribution in [0.1, 0.15) is 46.4 Å². The summed E-state index contributed by atoms with van der Waals surface area (Å²) in [6.07, 6.45) is 3.36. The first kappa shape index (κ1) is 32.4. The van der Waals surface area contributed by atoms with Gasteiger partial charge in [-0.05, 0) is 62.1 Å². The topological polar surface area (TPSA) is 125 Å². The minimum Gasteiger partial charge on any atom is -1.00 e. The van der Waals surface area contributed by atoms with Crippen LogP contribution >= 0.6 is 0 Å². The second kappa shape index (κ2) is 13.8. The van der Waals surface area contributed by atoms with Crippen LogP contribution in [-0.2, 0) is 24.8 Å². The molecular weight excluding hydrogens is 604 g/mol. The van der Waals surface area contributed by atoms with Gasteiger partial charge >= 0.3 is 5.97 Å². The predicted octanol–water partition coefficient (Wildman–Crippen LogP) is -1.13. The van der Waals surface area contributed by atoms with Gasteiger partial charge in [-0.2, -0.15) is 8.61 Å². The molecule has 0 saturated carbocycles. The fourth-order valence-corrected chi connectivity index (χ4v) is 8.56. The second-order valence-electron chi connectivity index (χ2n) is 10.5. The van der Waals surface area contributed by atoms with Gasteiger partial charge in [-0.3, -0.25) is 9.69 Å². The molecule has 2 aromatic carbocycles. The number of carbonyl (C=O) groups excluding carboxylic acids is 2. The van der Waals surface area contributed by atoms with E-state index in [1.807, 2.05) is 0 Å². The first-order valence-electron chi connectivity index (χ1n) is 14.1. The van der Waals surface area contributed by atoms with Crippen molar-refractivity contribution in [2.24, 2.45) is 0 Å². The molecule has 0 atom stereocenters. The Hall–Kier alpha value is -2.55. The van der Waals surface area contributed by atoms with E-state index in [-0.39, 0.29) is 40.3 Å². The zero-order valence-corrected chi connectivity index (χ0v) is 25.7. The summed E-state index contributed by atoms with van der Waals surface area (Å²) in [5, 5.41) is 0. The number of halogens is 1. The van der Waals surface area contributed by atoms with E-state index in [0.717, 1.165) is 25.7 Å². The van der Waals surface area contributed by atoms with Crippen molar-refractivity contribution >= 4 is 31.9 Å². The van der Waals surface area contributed by atoms with Gasteiger partial charge in [0.05, 0.1) is 15.4 Å². The smallest absolute Gasteiger partial charge is 0.338 e. The van der Waals surface area contributed by atoms with Gasteiger partial charge in [0.15, 0.2) is 0 Å². The quantitative estimate of drug-likeness (QED) is 0.316. The highest BCUT2D eigenvalue weighted by Crippen LogP contribution is 2.23. The fraction of sp³-hybridized carbons (Fsp3) is 0.500. The fourth-order valence-electron chi connectivity index (χ4n) is 5.44. The van der Waals surface area contributed by atoms with Crippen molar-refractivity contribution < 1.29 is 43.6 Å². The Kier molecular flexibility index (Phi) is 10.7. The van der Waals surface area contributed by atoms with Gasteiger partial charge in [0.2, 0.25) is 20.0 Å². The standard InChI is InChI=1S/C28H36N4O7S2.ClH/c33-27(23-7-5-9-25(21-23)40(35,36)31-11-1-2-12-31)30-17-15-29(16-18-30)19-20-39-28(34)24-8-6-10-26(22-24)41(37,38)32-13-3-4-14-32;/h5-10,21-22H,1-4,11-20H2;1H/p-1. The van der Waals surface area contributed by atoms with Crippen LogP contribution in [0.15, 0.2) is 58.3 Å². The van der Waals surface area contributed by atoms with E-state index in [9.17, 15) is 26.4 Å². The summed E-state index contributed by atoms with van der Waals surface area (Å²) in [5.74, 6) is -0.792. The zero-order chi connectivity index (χ0) is 29.0. The SMILES string of the molecule is O=C(OCCN1CCN(C(=O)c2cccc(S(=O)(=O)N3CCCC3)c2)CC1)c1cccc(S(=O)(=O)N2CCCC2)c1.[Cl-]. The van der Waals surface area contributed by atoms with Gasteiger partial charge in [-0.1, -0.05) is 12.1 Å². The largest absolute Gasteiger partial charge is 1.00 e. The number of rotatable bonds is 9. The highest BCUT2D eigenvalue weighted by molar-refractivity contribution is 7.89. The van der Waals surface area contributed by atoms with Crippen LogP contribution in [0.5, 0.6) is 0 Å². The molecule has 0 radical (unpaired) electrons. The summed E-state index contributed by atoms with van der Waals surface area (Å²) in [7, 11) is -7.23. The van der Waals surface area contributed by atoms with Crippen molar-refractivity contribution in [1.82, 2.24) is 18.4 Å². The zero-order valence-electron chi connectivity index (χ0n) is 23.4. The molecule has 0 spiro atoms. The Morgan fingerprint density at radius 2 is 1.14 bits per heavy atom. The lowest BCUT2D eigenvalue weighted by atomic mass is 10.2. The molecule has 2 aromatic rings. The van der Waals surface area contributed by atoms with Crippen LogP contribution in [0, 0.1) is 0 Å². The van der Waals surface area contributed by atoms with Gasteiger partial charge in [0, 0.05) is 64.5 Å². The summed E-state index contributed by atoms with van der Waals surface area (Å²) in [6.45, 7) is 4.69. The average Bonchev–Trinajstić information content (AvgIpc) is 3.73. The number of benzene rings is 2. The van der Waals surface area contributed by atoms with Crippen LogP contribution in [-0.4, -0.2) is 113 Å². The number of sulfonamides is 2. The highest BCUT2D eigenvalue weighted by Gasteiger charge is 2.30. The number of amides is 1. The summed E-state index contributed by atoms with van der Waals surface area (Å²) in [4.78, 5) is 29.8. The summed E-state index contributed by atoms with van der Waals surface area (Å²) in [6, 6.07) is 12.2. The summed E-state index contributed by atoms with van der Waals surface area (Å²) >= 11 is 0. The monoisotopic (exact) mass is 639 g/mol. The van der Waals surface area contributed by atoms with Gasteiger partial charge in [-0.25, -0.2) is 21.6 Å². The molecule has 14 heteroatoms. The lowest BCUT2D eigenvalue weighted by Gasteiger charge is -2.34. The van der Waals surface area contributed by atoms with Crippen molar-refractivity contribution in [2.75, 3.05) is 65.5 Å². The molecule has 1 amide bonds. The van der Waals surface area contributed by atoms with Crippen molar-refractivity contribution in [1.29, 1.82) is 0 Å². The molecule has 42 heavy (non-hydrogen) atoms. The van der Waals surface area contributed by atoms with E-state index in [2.05, 4.69) is 4.90 Å². The highest BCUT2D eigenvalue weighted by atomic mass is 35.5. The van der Waals surface area contributed by atoms with Gasteiger partial charge in [-0.15, -0.1) is 0 Å². The van der Waals surface area contributed by atoms with Crippen LogP contribution in [0.25, 0.3) is 0 Å². The third-order valence-corrected chi connectivity index (χ3v) is 11.6. The normalized spacial score (nSPS) is 19.0. The Balaban J connectivity index is 0.00000405. The Morgan fingerprint density at radius 1 is 0.667 bits per heavy atom. The predicted molar refractivity (Wildman–Crippen MR) is 151 cm³/mol. The van der Waals surface area contributed by atoms with Crippen molar-refractivity contribution in [3.8, 4) is 0 Å². The first-order valence-corrected chi connectivity index (χ1v) is 16.9. The molecule has 3 fully saturated rings. The van der Waals surface area contributed by atoms with Crippen LogP contribution in [0.2, 0.25) is 0 Å². The van der Waals surface area contributed by atoms with Gasteiger partial charge < -0.3 is 22.0 Å². The maximum atomic E-state index is 13.1. The minimum absolute atomic E-state index is 0. The van der Waals surface area contributed by atoms with Crippen molar-refractivity contribution in [2.45, 2.75) is 35.5 Å². The minimum atomic E-state index is -3.63. The third-order valence-electron chi connectivity index (χ3n) is 7.86. The molecule has 0 aliphatic carbocycles. The Bertz CT molecular complexity index is 1480. The van der Waals surface area contributed by atoms with Gasteiger partial charge in [0.1, 0.15) is 6.61 Å². The second-order valence-corrected chi connectivity index (χ2v) is 14.4. The number of piperazine rings is 1. The number of esters is 1. The molecule has 11 nitrogen and oxygen atoms in total. The number of hydrogen-bond donors (Lipinski definition) is 0. The molecule has 3 saturated heterocycles. The molecule has 3 heterocycles. The molecule has 230 valence electrons. The van der Waals surface area contributed by atoms with Crippen LogP contribution in [0.4, 0.5) is 0 Å². The van der Waals surface area contributed by atoms with E-state index in [4.69, 9.17) is 4.74 Å². The molecule has 0 bridgehead atoms. The Labute approximate surface area is 253 Å². The van der Waals surface area contributed by atoms with E-state index < -0.39 is 26.0 Å². The maximum absolute atomic E-state index is 13.1. The first-order chi connectivity index (χ1) is 19.7. The molecule has 0 N–H and O–H groups in total. The lowest BCUT2D eigenvalue weighted by molar-refractivity contribution is -0.0000467. The van der Waals surface area contributed by atoms with E-state index in [1.54, 1.807) is 29.2 Å². The van der Waals surface area contributed by atoms with E-state index >= 15 is 0 Å². The maximum Gasteiger partial charge on any atom is 0.338 e. The van der Waals surface area contributed by atoms with Crippen molar-refractivity contribution in [3.05, 3.63) is 59.7 Å². The summed E-state index contributed by atoms with van der Waals surface area (Å²) in [5.41, 5.74) is 0.538.